The zero-order valence-corrected chi connectivity index (χ0v) is 9.11. The first-order valence-electron chi connectivity index (χ1n) is 5.58. The smallest absolute Gasteiger partial charge is 0.0718 e. The van der Waals surface area contributed by atoms with Crippen LogP contribution in [0.15, 0.2) is 0 Å². The van der Waals surface area contributed by atoms with E-state index in [4.69, 9.17) is 0 Å². The lowest BCUT2D eigenvalue weighted by Gasteiger charge is -2.41. The third kappa shape index (κ3) is 1.62. The molecular weight excluding hydrogens is 160 g/mol. The van der Waals surface area contributed by atoms with Gasteiger partial charge in [0, 0.05) is 12.1 Å². The normalized spacial score (nSPS) is 44.1. The number of hydrogen-bond acceptors (Lipinski definition) is 2. The van der Waals surface area contributed by atoms with Crippen molar-refractivity contribution < 1.29 is 0 Å². The highest BCUT2D eigenvalue weighted by atomic mass is 15.3. The van der Waals surface area contributed by atoms with Crippen molar-refractivity contribution in [2.24, 2.45) is 5.92 Å². The number of hydrogen-bond donors (Lipinski definition) is 2. The molecule has 2 N–H and O–H groups in total. The summed E-state index contributed by atoms with van der Waals surface area (Å²) >= 11 is 0. The molecule has 0 aromatic carbocycles. The van der Waals surface area contributed by atoms with Crippen molar-refractivity contribution in [3.63, 3.8) is 0 Å². The molecule has 0 bridgehead atoms. The molecule has 0 radical (unpaired) electrons. The van der Waals surface area contributed by atoms with E-state index in [9.17, 15) is 0 Å². The minimum absolute atomic E-state index is 0.266. The molecule has 2 fully saturated rings. The van der Waals surface area contributed by atoms with E-state index in [2.05, 4.69) is 31.4 Å². The zero-order chi connectivity index (χ0) is 9.53. The van der Waals surface area contributed by atoms with Crippen LogP contribution in [0.4, 0.5) is 0 Å². The molecule has 2 aliphatic rings. The predicted molar refractivity (Wildman–Crippen MR) is 55.6 cm³/mol. The molecule has 1 saturated carbocycles. The monoisotopic (exact) mass is 182 g/mol. The van der Waals surface area contributed by atoms with Gasteiger partial charge in [0.2, 0.25) is 0 Å². The summed E-state index contributed by atoms with van der Waals surface area (Å²) in [5, 5.41) is 7.49. The largest absolute Gasteiger partial charge is 0.297 e. The lowest BCUT2D eigenvalue weighted by molar-refractivity contribution is 0.141. The highest BCUT2D eigenvalue weighted by molar-refractivity contribution is 5.05. The molecule has 13 heavy (non-hydrogen) atoms. The summed E-state index contributed by atoms with van der Waals surface area (Å²) in [6, 6.07) is 0. The molecular formula is C11H22N2. The molecule has 2 atom stereocenters. The maximum atomic E-state index is 3.78. The first-order chi connectivity index (χ1) is 6.04. The van der Waals surface area contributed by atoms with Crippen LogP contribution in [0.25, 0.3) is 0 Å². The van der Waals surface area contributed by atoms with Gasteiger partial charge in [-0.15, -0.1) is 0 Å². The minimum Gasteiger partial charge on any atom is -0.297 e. The van der Waals surface area contributed by atoms with Crippen molar-refractivity contribution in [3.8, 4) is 0 Å². The third-order valence-corrected chi connectivity index (χ3v) is 3.71. The number of rotatable bonds is 0. The van der Waals surface area contributed by atoms with E-state index in [1.165, 1.54) is 25.7 Å². The average Bonchev–Trinajstić information content (AvgIpc) is 2.35. The molecule has 0 aromatic rings. The van der Waals surface area contributed by atoms with Gasteiger partial charge in [0.25, 0.3) is 0 Å². The Bertz CT molecular complexity index is 200. The summed E-state index contributed by atoms with van der Waals surface area (Å²) in [4.78, 5) is 0. The van der Waals surface area contributed by atoms with Crippen molar-refractivity contribution >= 4 is 0 Å². The molecule has 2 heteroatoms. The van der Waals surface area contributed by atoms with Gasteiger partial charge >= 0.3 is 0 Å². The van der Waals surface area contributed by atoms with E-state index in [1.807, 2.05) is 0 Å². The second-order valence-corrected chi connectivity index (χ2v) is 5.48. The van der Waals surface area contributed by atoms with Gasteiger partial charge in [-0.2, -0.15) is 0 Å². The Morgan fingerprint density at radius 2 is 2.00 bits per heavy atom. The summed E-state index contributed by atoms with van der Waals surface area (Å²) in [5.74, 6) is 0.781. The van der Waals surface area contributed by atoms with Gasteiger partial charge in [-0.05, 0) is 32.6 Å². The molecule has 0 aromatic heterocycles. The molecule has 1 aliphatic heterocycles. The van der Waals surface area contributed by atoms with Crippen LogP contribution in [0.5, 0.6) is 0 Å². The maximum Gasteiger partial charge on any atom is 0.0718 e. The van der Waals surface area contributed by atoms with Gasteiger partial charge < -0.3 is 0 Å². The van der Waals surface area contributed by atoms with Crippen molar-refractivity contribution in [3.05, 3.63) is 0 Å². The SMILES string of the molecule is CC1CCCCC12NCC(C)(C)N2. The predicted octanol–water partition coefficient (Wildman–Crippen LogP) is 1.86. The Balaban J connectivity index is 2.12. The van der Waals surface area contributed by atoms with Crippen LogP contribution in [-0.4, -0.2) is 17.7 Å². The maximum absolute atomic E-state index is 3.78. The summed E-state index contributed by atoms with van der Waals surface area (Å²) in [5.41, 5.74) is 0.549. The van der Waals surface area contributed by atoms with E-state index in [0.717, 1.165) is 12.5 Å². The Morgan fingerprint density at radius 1 is 1.23 bits per heavy atom. The van der Waals surface area contributed by atoms with Crippen molar-refractivity contribution in [2.45, 2.75) is 57.7 Å². The Morgan fingerprint density at radius 3 is 2.54 bits per heavy atom. The summed E-state index contributed by atoms with van der Waals surface area (Å²) in [6.45, 7) is 8.06. The molecule has 2 rings (SSSR count). The van der Waals surface area contributed by atoms with Gasteiger partial charge in [0.1, 0.15) is 0 Å². The fourth-order valence-electron chi connectivity index (χ4n) is 2.87. The summed E-state index contributed by atoms with van der Waals surface area (Å²) in [6.07, 6.45) is 5.46. The van der Waals surface area contributed by atoms with E-state index in [0.29, 0.717) is 0 Å². The molecule has 1 heterocycles. The molecule has 76 valence electrons. The van der Waals surface area contributed by atoms with Gasteiger partial charge in [-0.1, -0.05) is 19.8 Å². The summed E-state index contributed by atoms with van der Waals surface area (Å²) in [7, 11) is 0. The van der Waals surface area contributed by atoms with Crippen molar-refractivity contribution in [2.75, 3.05) is 6.54 Å². The lowest BCUT2D eigenvalue weighted by Crippen LogP contribution is -2.57. The van der Waals surface area contributed by atoms with E-state index < -0.39 is 0 Å². The highest BCUT2D eigenvalue weighted by Crippen LogP contribution is 2.35. The zero-order valence-electron chi connectivity index (χ0n) is 9.11. The second-order valence-electron chi connectivity index (χ2n) is 5.48. The van der Waals surface area contributed by atoms with Gasteiger partial charge in [0.05, 0.1) is 5.66 Å². The molecule has 2 unspecified atom stereocenters. The van der Waals surface area contributed by atoms with Crippen molar-refractivity contribution in [1.82, 2.24) is 10.6 Å². The van der Waals surface area contributed by atoms with Crippen LogP contribution < -0.4 is 10.6 Å². The molecule has 1 spiro atoms. The van der Waals surface area contributed by atoms with Crippen LogP contribution in [0.2, 0.25) is 0 Å². The Kier molecular flexibility index (Phi) is 2.16. The molecule has 1 aliphatic carbocycles. The van der Waals surface area contributed by atoms with Crippen LogP contribution in [0, 0.1) is 5.92 Å². The fraction of sp³-hybridized carbons (Fsp3) is 1.00. The van der Waals surface area contributed by atoms with Crippen LogP contribution in [-0.2, 0) is 0 Å². The molecule has 0 amide bonds. The standard InChI is InChI=1S/C11H22N2/c1-9-6-4-5-7-11(9)12-8-10(2,3)13-11/h9,12-13H,4-8H2,1-3H3. The Labute approximate surface area is 81.5 Å². The van der Waals surface area contributed by atoms with Gasteiger partial charge in [-0.25, -0.2) is 0 Å². The fourth-order valence-corrected chi connectivity index (χ4v) is 2.87. The van der Waals surface area contributed by atoms with Gasteiger partial charge in [-0.3, -0.25) is 10.6 Å². The molecule has 1 saturated heterocycles. The second kappa shape index (κ2) is 2.96. The van der Waals surface area contributed by atoms with Gasteiger partial charge in [0.15, 0.2) is 0 Å². The van der Waals surface area contributed by atoms with Crippen LogP contribution in [0.1, 0.15) is 46.5 Å². The first kappa shape index (κ1) is 9.47. The summed E-state index contributed by atoms with van der Waals surface area (Å²) < 4.78 is 0. The van der Waals surface area contributed by atoms with E-state index >= 15 is 0 Å². The lowest BCUT2D eigenvalue weighted by atomic mass is 9.80. The van der Waals surface area contributed by atoms with Crippen LogP contribution in [0.3, 0.4) is 0 Å². The third-order valence-electron chi connectivity index (χ3n) is 3.71. The topological polar surface area (TPSA) is 24.1 Å². The van der Waals surface area contributed by atoms with Crippen LogP contribution >= 0.6 is 0 Å². The minimum atomic E-state index is 0.266. The van der Waals surface area contributed by atoms with E-state index in [-0.39, 0.29) is 11.2 Å². The molecule has 2 nitrogen and oxygen atoms in total. The average molecular weight is 182 g/mol. The highest BCUT2D eigenvalue weighted by Gasteiger charge is 2.46. The quantitative estimate of drug-likeness (QED) is 0.597. The number of nitrogens with one attached hydrogen (secondary N) is 2. The Hall–Kier alpha value is -0.0800. The van der Waals surface area contributed by atoms with E-state index in [1.54, 1.807) is 0 Å². The first-order valence-corrected chi connectivity index (χ1v) is 5.58. The van der Waals surface area contributed by atoms with Crippen molar-refractivity contribution in [1.29, 1.82) is 0 Å².